The van der Waals surface area contributed by atoms with E-state index in [0.717, 1.165) is 29.5 Å². The minimum atomic E-state index is 0.634. The zero-order valence-corrected chi connectivity index (χ0v) is 9.43. The van der Waals surface area contributed by atoms with E-state index in [0.29, 0.717) is 5.41 Å². The maximum absolute atomic E-state index is 5.98. The molecule has 2 N–H and O–H groups in total. The summed E-state index contributed by atoms with van der Waals surface area (Å²) in [6, 6.07) is 5.71. The lowest BCUT2D eigenvalue weighted by atomic mass is 9.63. The first kappa shape index (κ1) is 9.34. The molecule has 1 aromatic carbocycles. The Hall–Kier alpha value is -0.890. The molecule has 3 rings (SSSR count). The van der Waals surface area contributed by atoms with Crippen LogP contribution in [0.5, 0.6) is 0 Å². The van der Waals surface area contributed by atoms with E-state index in [2.05, 4.69) is 4.90 Å². The molecule has 0 unspecified atom stereocenters. The van der Waals surface area contributed by atoms with E-state index in [-0.39, 0.29) is 0 Å². The van der Waals surface area contributed by atoms with Crippen LogP contribution >= 0.6 is 11.6 Å². The average Bonchev–Trinajstić information content (AvgIpc) is 2.06. The summed E-state index contributed by atoms with van der Waals surface area (Å²) in [4.78, 5) is 2.35. The Bertz CT molecular complexity index is 391. The molecule has 15 heavy (non-hydrogen) atoms. The monoisotopic (exact) mass is 222 g/mol. The third-order valence-corrected chi connectivity index (χ3v) is 4.04. The maximum Gasteiger partial charge on any atom is 0.0615 e. The van der Waals surface area contributed by atoms with Gasteiger partial charge in [-0.3, -0.25) is 0 Å². The SMILES string of the molecule is Nc1ccc(Cl)cc1N1CC2(CCC2)C1. The van der Waals surface area contributed by atoms with E-state index in [9.17, 15) is 0 Å². The molecule has 80 valence electrons. The molecule has 2 fully saturated rings. The van der Waals surface area contributed by atoms with Crippen molar-refractivity contribution in [2.45, 2.75) is 19.3 Å². The lowest BCUT2D eigenvalue weighted by Crippen LogP contribution is -2.60. The summed E-state index contributed by atoms with van der Waals surface area (Å²) < 4.78 is 0. The highest BCUT2D eigenvalue weighted by Gasteiger charge is 2.47. The molecule has 1 heterocycles. The fraction of sp³-hybridized carbons (Fsp3) is 0.500. The summed E-state index contributed by atoms with van der Waals surface area (Å²) in [6.07, 6.45) is 4.19. The summed E-state index contributed by atoms with van der Waals surface area (Å²) in [5, 5.41) is 0.772. The molecule has 0 aromatic heterocycles. The quantitative estimate of drug-likeness (QED) is 0.741. The van der Waals surface area contributed by atoms with E-state index in [1.54, 1.807) is 0 Å². The van der Waals surface area contributed by atoms with Crippen molar-refractivity contribution in [3.8, 4) is 0 Å². The van der Waals surface area contributed by atoms with Crippen LogP contribution in [0.4, 0.5) is 11.4 Å². The molecule has 1 spiro atoms. The summed E-state index contributed by atoms with van der Waals surface area (Å²) in [6.45, 7) is 2.33. The molecule has 2 aliphatic rings. The van der Waals surface area contributed by atoms with Crippen LogP contribution in [-0.4, -0.2) is 13.1 Å². The molecule has 1 aromatic rings. The number of anilines is 2. The van der Waals surface area contributed by atoms with Gasteiger partial charge in [-0.15, -0.1) is 0 Å². The van der Waals surface area contributed by atoms with Crippen LogP contribution in [0.25, 0.3) is 0 Å². The van der Waals surface area contributed by atoms with Crippen LogP contribution in [0.15, 0.2) is 18.2 Å². The van der Waals surface area contributed by atoms with Crippen LogP contribution in [0.1, 0.15) is 19.3 Å². The highest BCUT2D eigenvalue weighted by molar-refractivity contribution is 6.31. The summed E-state index contributed by atoms with van der Waals surface area (Å²) in [7, 11) is 0. The van der Waals surface area contributed by atoms with Gasteiger partial charge in [0.15, 0.2) is 0 Å². The topological polar surface area (TPSA) is 29.3 Å². The minimum absolute atomic E-state index is 0.634. The predicted octanol–water partition coefficient (Wildman–Crippen LogP) is 2.91. The Morgan fingerprint density at radius 3 is 2.60 bits per heavy atom. The van der Waals surface area contributed by atoms with Gasteiger partial charge in [0.05, 0.1) is 11.4 Å². The Kier molecular flexibility index (Phi) is 1.90. The second-order valence-corrected chi connectivity index (χ2v) is 5.35. The standard InChI is InChI=1S/C12H15ClN2/c13-9-2-3-10(14)11(6-9)15-7-12(8-15)4-1-5-12/h2-3,6H,1,4-5,7-8,14H2. The largest absolute Gasteiger partial charge is 0.397 e. The van der Waals surface area contributed by atoms with Crippen LogP contribution in [-0.2, 0) is 0 Å². The van der Waals surface area contributed by atoms with Crippen LogP contribution in [0.3, 0.4) is 0 Å². The molecule has 0 radical (unpaired) electrons. The Morgan fingerprint density at radius 2 is 2.00 bits per heavy atom. The number of hydrogen-bond acceptors (Lipinski definition) is 2. The number of benzene rings is 1. The van der Waals surface area contributed by atoms with Gasteiger partial charge in [0, 0.05) is 23.5 Å². The molecule has 1 saturated heterocycles. The first-order valence-electron chi connectivity index (χ1n) is 5.49. The third kappa shape index (κ3) is 1.39. The van der Waals surface area contributed by atoms with Gasteiger partial charge in [-0.25, -0.2) is 0 Å². The molecule has 0 atom stereocenters. The molecule has 0 amide bonds. The third-order valence-electron chi connectivity index (χ3n) is 3.80. The lowest BCUT2D eigenvalue weighted by molar-refractivity contribution is 0.0905. The Morgan fingerprint density at radius 1 is 1.27 bits per heavy atom. The summed E-state index contributed by atoms with van der Waals surface area (Å²) >= 11 is 5.98. The average molecular weight is 223 g/mol. The summed E-state index contributed by atoms with van der Waals surface area (Å²) in [5.41, 5.74) is 8.53. The van der Waals surface area contributed by atoms with Crippen LogP contribution in [0, 0.1) is 5.41 Å². The van der Waals surface area contributed by atoms with Crippen molar-refractivity contribution in [1.29, 1.82) is 0 Å². The normalized spacial score (nSPS) is 22.3. The van der Waals surface area contributed by atoms with Gasteiger partial charge in [0.25, 0.3) is 0 Å². The highest BCUT2D eigenvalue weighted by atomic mass is 35.5. The van der Waals surface area contributed by atoms with Crippen molar-refractivity contribution in [1.82, 2.24) is 0 Å². The minimum Gasteiger partial charge on any atom is -0.397 e. The van der Waals surface area contributed by atoms with Gasteiger partial charge < -0.3 is 10.6 Å². The first-order valence-corrected chi connectivity index (χ1v) is 5.86. The van der Waals surface area contributed by atoms with E-state index < -0.39 is 0 Å². The molecule has 0 bridgehead atoms. The van der Waals surface area contributed by atoms with E-state index >= 15 is 0 Å². The number of rotatable bonds is 1. The number of hydrogen-bond donors (Lipinski definition) is 1. The van der Waals surface area contributed by atoms with Crippen molar-refractivity contribution in [2.75, 3.05) is 23.7 Å². The number of halogens is 1. The van der Waals surface area contributed by atoms with Crippen molar-refractivity contribution in [3.05, 3.63) is 23.2 Å². The van der Waals surface area contributed by atoms with E-state index in [4.69, 9.17) is 17.3 Å². The van der Waals surface area contributed by atoms with Crippen molar-refractivity contribution < 1.29 is 0 Å². The zero-order valence-electron chi connectivity index (χ0n) is 8.67. The number of nitrogens with zero attached hydrogens (tertiary/aromatic N) is 1. The second-order valence-electron chi connectivity index (χ2n) is 4.91. The number of nitrogen functional groups attached to an aromatic ring is 1. The van der Waals surface area contributed by atoms with E-state index in [1.165, 1.54) is 19.3 Å². The van der Waals surface area contributed by atoms with Gasteiger partial charge in [-0.05, 0) is 31.0 Å². The van der Waals surface area contributed by atoms with E-state index in [1.807, 2.05) is 18.2 Å². The Labute approximate surface area is 95.0 Å². The van der Waals surface area contributed by atoms with Gasteiger partial charge in [0.2, 0.25) is 0 Å². The molecule has 1 aliphatic carbocycles. The first-order chi connectivity index (χ1) is 7.19. The zero-order chi connectivity index (χ0) is 10.5. The molecule has 3 heteroatoms. The highest BCUT2D eigenvalue weighted by Crippen LogP contribution is 2.50. The van der Waals surface area contributed by atoms with Gasteiger partial charge >= 0.3 is 0 Å². The molecular formula is C12H15ClN2. The van der Waals surface area contributed by atoms with Gasteiger partial charge in [-0.1, -0.05) is 18.0 Å². The fourth-order valence-electron chi connectivity index (χ4n) is 2.72. The van der Waals surface area contributed by atoms with Crippen molar-refractivity contribution in [3.63, 3.8) is 0 Å². The summed E-state index contributed by atoms with van der Waals surface area (Å²) in [5.74, 6) is 0. The molecule has 2 nitrogen and oxygen atoms in total. The van der Waals surface area contributed by atoms with Crippen LogP contribution < -0.4 is 10.6 Å². The second kappa shape index (κ2) is 3.05. The number of nitrogens with two attached hydrogens (primary N) is 1. The fourth-order valence-corrected chi connectivity index (χ4v) is 2.88. The predicted molar refractivity (Wildman–Crippen MR) is 64.4 cm³/mol. The van der Waals surface area contributed by atoms with Gasteiger partial charge in [0.1, 0.15) is 0 Å². The maximum atomic E-state index is 5.98. The molecule has 1 aliphatic heterocycles. The Balaban J connectivity index is 1.80. The molecule has 1 saturated carbocycles. The smallest absolute Gasteiger partial charge is 0.0615 e. The van der Waals surface area contributed by atoms with Gasteiger partial charge in [-0.2, -0.15) is 0 Å². The molecular weight excluding hydrogens is 208 g/mol. The van der Waals surface area contributed by atoms with Crippen molar-refractivity contribution in [2.24, 2.45) is 5.41 Å². The van der Waals surface area contributed by atoms with Crippen LogP contribution in [0.2, 0.25) is 5.02 Å². The lowest BCUT2D eigenvalue weighted by Gasteiger charge is -2.57. The van der Waals surface area contributed by atoms with Crippen molar-refractivity contribution >= 4 is 23.0 Å².